The zero-order valence-electron chi connectivity index (χ0n) is 11.7. The predicted molar refractivity (Wildman–Crippen MR) is 82.3 cm³/mol. The van der Waals surface area contributed by atoms with Gasteiger partial charge in [0, 0.05) is 11.1 Å². The molecule has 3 aromatic rings. The van der Waals surface area contributed by atoms with E-state index in [1.165, 1.54) is 5.56 Å². The van der Waals surface area contributed by atoms with Crippen LogP contribution in [0, 0.1) is 11.3 Å². The molecule has 0 saturated carbocycles. The van der Waals surface area contributed by atoms with Crippen molar-refractivity contribution in [3.8, 4) is 28.7 Å². The molecule has 0 bridgehead atoms. The van der Waals surface area contributed by atoms with Crippen LogP contribution in [0.15, 0.2) is 51.9 Å². The molecule has 0 radical (unpaired) electrons. The van der Waals surface area contributed by atoms with E-state index in [4.69, 9.17) is 4.42 Å². The first-order chi connectivity index (χ1) is 10.8. The SMILES string of the molecule is N#Cc1c(-c2ccco2)c2c([nH]c1=O)-c1ccccc1CC2. The molecule has 2 aromatic heterocycles. The number of hydrogen-bond acceptors (Lipinski definition) is 3. The summed E-state index contributed by atoms with van der Waals surface area (Å²) in [5, 5.41) is 9.38. The standard InChI is InChI=1S/C18H12N2O2/c19-10-14-16(15-6-3-9-22-15)13-8-7-11-4-1-2-5-12(11)17(13)20-18(14)21/h1-6,9H,7-8H2,(H,20,21). The van der Waals surface area contributed by atoms with Gasteiger partial charge in [0.25, 0.3) is 5.56 Å². The Morgan fingerprint density at radius 1 is 1.14 bits per heavy atom. The van der Waals surface area contributed by atoms with Gasteiger partial charge in [-0.25, -0.2) is 0 Å². The van der Waals surface area contributed by atoms with Crippen molar-refractivity contribution >= 4 is 0 Å². The third-order valence-corrected chi connectivity index (χ3v) is 4.13. The van der Waals surface area contributed by atoms with Crippen molar-refractivity contribution in [2.75, 3.05) is 0 Å². The van der Waals surface area contributed by atoms with Crippen LogP contribution in [0.4, 0.5) is 0 Å². The van der Waals surface area contributed by atoms with Crippen LogP contribution < -0.4 is 5.56 Å². The first kappa shape index (κ1) is 12.7. The number of aryl methyl sites for hydroxylation is 1. The second-order valence-corrected chi connectivity index (χ2v) is 5.30. The summed E-state index contributed by atoms with van der Waals surface area (Å²) in [6.07, 6.45) is 3.21. The van der Waals surface area contributed by atoms with Gasteiger partial charge in [-0.3, -0.25) is 4.79 Å². The first-order valence-electron chi connectivity index (χ1n) is 7.11. The fourth-order valence-corrected chi connectivity index (χ4v) is 3.16. The second-order valence-electron chi connectivity index (χ2n) is 5.30. The number of nitrogens with one attached hydrogen (secondary N) is 1. The van der Waals surface area contributed by atoms with Gasteiger partial charge in [0.1, 0.15) is 17.4 Å². The highest BCUT2D eigenvalue weighted by molar-refractivity contribution is 5.80. The van der Waals surface area contributed by atoms with Crippen LogP contribution in [-0.4, -0.2) is 4.98 Å². The molecule has 0 amide bonds. The third kappa shape index (κ3) is 1.73. The minimum atomic E-state index is -0.371. The van der Waals surface area contributed by atoms with E-state index < -0.39 is 0 Å². The number of benzene rings is 1. The number of rotatable bonds is 1. The molecule has 0 saturated heterocycles. The average molecular weight is 288 g/mol. The Kier molecular flexibility index (Phi) is 2.73. The van der Waals surface area contributed by atoms with E-state index in [1.807, 2.05) is 24.3 Å². The molecule has 1 aromatic carbocycles. The van der Waals surface area contributed by atoms with E-state index in [9.17, 15) is 10.1 Å². The summed E-state index contributed by atoms with van der Waals surface area (Å²) in [7, 11) is 0. The highest BCUT2D eigenvalue weighted by Gasteiger charge is 2.25. The number of nitriles is 1. The van der Waals surface area contributed by atoms with Crippen LogP contribution in [0.1, 0.15) is 16.7 Å². The molecular weight excluding hydrogens is 276 g/mol. The summed E-state index contributed by atoms with van der Waals surface area (Å²) in [6.45, 7) is 0. The van der Waals surface area contributed by atoms with Gasteiger partial charge in [-0.15, -0.1) is 0 Å². The third-order valence-electron chi connectivity index (χ3n) is 4.13. The van der Waals surface area contributed by atoms with Crippen LogP contribution in [0.3, 0.4) is 0 Å². The average Bonchev–Trinajstić information content (AvgIpc) is 3.07. The summed E-state index contributed by atoms with van der Waals surface area (Å²) in [5.74, 6) is 0.568. The highest BCUT2D eigenvalue weighted by Crippen LogP contribution is 2.37. The molecule has 1 N–H and O–H groups in total. The predicted octanol–water partition coefficient (Wildman–Crippen LogP) is 3.27. The lowest BCUT2D eigenvalue weighted by molar-refractivity contribution is 0.581. The number of fused-ring (bicyclic) bond motifs is 3. The van der Waals surface area contributed by atoms with E-state index in [-0.39, 0.29) is 11.1 Å². The van der Waals surface area contributed by atoms with Crippen molar-refractivity contribution in [3.05, 3.63) is 69.7 Å². The first-order valence-corrected chi connectivity index (χ1v) is 7.11. The minimum Gasteiger partial charge on any atom is -0.464 e. The number of pyridine rings is 1. The smallest absolute Gasteiger partial charge is 0.267 e. The molecule has 1 aliphatic rings. The molecule has 4 heteroatoms. The zero-order chi connectivity index (χ0) is 15.1. The number of nitrogens with zero attached hydrogens (tertiary/aromatic N) is 1. The quantitative estimate of drug-likeness (QED) is 0.747. The van der Waals surface area contributed by atoms with Crippen LogP contribution in [-0.2, 0) is 12.8 Å². The van der Waals surface area contributed by atoms with E-state index in [0.717, 1.165) is 29.7 Å². The number of furan rings is 1. The van der Waals surface area contributed by atoms with Gasteiger partial charge >= 0.3 is 0 Å². The Bertz CT molecular complexity index is 960. The zero-order valence-corrected chi connectivity index (χ0v) is 11.7. The van der Waals surface area contributed by atoms with Gasteiger partial charge in [-0.2, -0.15) is 5.26 Å². The van der Waals surface area contributed by atoms with Crippen molar-refractivity contribution in [1.82, 2.24) is 4.98 Å². The Labute approximate surface area is 126 Å². The molecule has 2 heterocycles. The lowest BCUT2D eigenvalue weighted by atomic mass is 9.85. The number of aromatic nitrogens is 1. The van der Waals surface area contributed by atoms with Crippen LogP contribution in [0.25, 0.3) is 22.6 Å². The maximum atomic E-state index is 12.3. The summed E-state index contributed by atoms with van der Waals surface area (Å²) >= 11 is 0. The molecule has 0 fully saturated rings. The van der Waals surface area contributed by atoms with Gasteiger partial charge in [0.2, 0.25) is 0 Å². The number of hydrogen-bond donors (Lipinski definition) is 1. The van der Waals surface area contributed by atoms with Crippen molar-refractivity contribution in [3.63, 3.8) is 0 Å². The van der Waals surface area contributed by atoms with Crippen molar-refractivity contribution in [2.45, 2.75) is 12.8 Å². The Balaban J connectivity index is 2.11. The Morgan fingerprint density at radius 2 is 2.00 bits per heavy atom. The fourth-order valence-electron chi connectivity index (χ4n) is 3.16. The largest absolute Gasteiger partial charge is 0.464 e. The lowest BCUT2D eigenvalue weighted by Crippen LogP contribution is -2.19. The van der Waals surface area contributed by atoms with E-state index in [0.29, 0.717) is 11.3 Å². The summed E-state index contributed by atoms with van der Waals surface area (Å²) < 4.78 is 5.47. The summed E-state index contributed by atoms with van der Waals surface area (Å²) in [4.78, 5) is 15.2. The van der Waals surface area contributed by atoms with Gasteiger partial charge in [-0.05, 0) is 36.1 Å². The molecule has 1 aliphatic carbocycles. The highest BCUT2D eigenvalue weighted by atomic mass is 16.3. The van der Waals surface area contributed by atoms with Gasteiger partial charge in [-0.1, -0.05) is 24.3 Å². The second kappa shape index (κ2) is 4.74. The maximum absolute atomic E-state index is 12.3. The molecule has 22 heavy (non-hydrogen) atoms. The Hall–Kier alpha value is -3.06. The number of H-pyrrole nitrogens is 1. The van der Waals surface area contributed by atoms with Gasteiger partial charge in [0.15, 0.2) is 0 Å². The van der Waals surface area contributed by atoms with E-state index in [2.05, 4.69) is 11.1 Å². The monoisotopic (exact) mass is 288 g/mol. The number of aromatic amines is 1. The molecule has 0 unspecified atom stereocenters. The van der Waals surface area contributed by atoms with Crippen LogP contribution in [0.2, 0.25) is 0 Å². The van der Waals surface area contributed by atoms with Crippen LogP contribution >= 0.6 is 0 Å². The summed E-state index contributed by atoms with van der Waals surface area (Å²) in [5.41, 5.74) is 4.39. The van der Waals surface area contributed by atoms with Gasteiger partial charge < -0.3 is 9.40 Å². The lowest BCUT2D eigenvalue weighted by Gasteiger charge is -2.21. The Morgan fingerprint density at radius 3 is 2.77 bits per heavy atom. The maximum Gasteiger partial charge on any atom is 0.267 e. The topological polar surface area (TPSA) is 69.8 Å². The van der Waals surface area contributed by atoms with Crippen molar-refractivity contribution in [1.29, 1.82) is 5.26 Å². The fraction of sp³-hybridized carbons (Fsp3) is 0.111. The van der Waals surface area contributed by atoms with Crippen molar-refractivity contribution < 1.29 is 4.42 Å². The molecule has 0 aliphatic heterocycles. The van der Waals surface area contributed by atoms with Crippen LogP contribution in [0.5, 0.6) is 0 Å². The molecule has 4 rings (SSSR count). The van der Waals surface area contributed by atoms with E-state index in [1.54, 1.807) is 18.4 Å². The van der Waals surface area contributed by atoms with Crippen molar-refractivity contribution in [2.24, 2.45) is 0 Å². The molecule has 106 valence electrons. The molecule has 4 nitrogen and oxygen atoms in total. The molecular formula is C18H12N2O2. The normalized spacial score (nSPS) is 12.3. The molecule has 0 atom stereocenters. The van der Waals surface area contributed by atoms with E-state index >= 15 is 0 Å². The minimum absolute atomic E-state index is 0.119. The van der Waals surface area contributed by atoms with Gasteiger partial charge in [0.05, 0.1) is 12.0 Å². The molecule has 0 spiro atoms. The summed E-state index contributed by atoms with van der Waals surface area (Å²) in [6, 6.07) is 13.6.